The molecular weight excluding hydrogens is 572 g/mol. The summed E-state index contributed by atoms with van der Waals surface area (Å²) in [5, 5.41) is 14.7. The molecule has 0 radical (unpaired) electrons. The summed E-state index contributed by atoms with van der Waals surface area (Å²) < 4.78 is 0. The van der Waals surface area contributed by atoms with Gasteiger partial charge in [-0.15, -0.1) is 0 Å². The number of fused-ring (bicyclic) bond motifs is 4. The molecule has 2 amide bonds. The number of hydrogen-bond acceptors (Lipinski definition) is 4. The summed E-state index contributed by atoms with van der Waals surface area (Å²) in [7, 11) is 0. The molecule has 11 heteroatoms. The average molecular weight is 599 g/mol. The van der Waals surface area contributed by atoms with Crippen molar-refractivity contribution < 1.29 is 19.5 Å². The summed E-state index contributed by atoms with van der Waals surface area (Å²) in [6, 6.07) is 7.47. The van der Waals surface area contributed by atoms with Crippen molar-refractivity contribution in [2.75, 3.05) is 23.3 Å². The Hall–Kier alpha value is -2.03. The molecule has 3 aliphatic rings. The molecule has 0 aromatic heterocycles. The van der Waals surface area contributed by atoms with Crippen molar-refractivity contribution >= 4 is 75.6 Å². The van der Waals surface area contributed by atoms with Gasteiger partial charge in [0.1, 0.15) is 11.5 Å². The second-order valence-corrected chi connectivity index (χ2v) is 13.1. The van der Waals surface area contributed by atoms with Crippen molar-refractivity contribution in [3.05, 3.63) is 56.0 Å². The number of carbonyl (C=O) groups is 3. The lowest BCUT2D eigenvalue weighted by molar-refractivity contribution is -0.152. The second-order valence-electron chi connectivity index (χ2n) is 11.4. The number of nitrogens with zero attached hydrogens (tertiary/aromatic N) is 2. The molecule has 3 heterocycles. The van der Waals surface area contributed by atoms with Gasteiger partial charge in [-0.2, -0.15) is 0 Å². The molecule has 0 saturated carbocycles. The number of halogens is 4. The molecule has 1 spiro atoms. The van der Waals surface area contributed by atoms with Gasteiger partial charge in [-0.05, 0) is 55.1 Å². The normalized spacial score (nSPS) is 26.4. The number of hydrogen-bond donors (Lipinski definition) is 2. The van der Waals surface area contributed by atoms with Crippen LogP contribution in [-0.2, 0) is 19.9 Å². The Morgan fingerprint density at radius 2 is 1.71 bits per heavy atom. The number of carbonyl (C=O) groups excluding carboxylic acids is 2. The Kier molecular flexibility index (Phi) is 6.93. The molecule has 2 saturated heterocycles. The van der Waals surface area contributed by atoms with Gasteiger partial charge < -0.3 is 15.3 Å². The minimum absolute atomic E-state index is 0.218. The quantitative estimate of drug-likeness (QED) is 0.430. The van der Waals surface area contributed by atoms with Gasteiger partial charge in [-0.1, -0.05) is 67.2 Å². The number of carboxylic acids is 1. The predicted octanol–water partition coefficient (Wildman–Crippen LogP) is 6.32. The maximum Gasteiger partial charge on any atom is 0.310 e. The Balaban J connectivity index is 1.70. The summed E-state index contributed by atoms with van der Waals surface area (Å²) in [5.41, 5.74) is -0.773. The van der Waals surface area contributed by atoms with E-state index >= 15 is 0 Å². The fraction of sp³-hybridized carbons (Fsp3) is 0.444. The predicted molar refractivity (Wildman–Crippen MR) is 149 cm³/mol. The van der Waals surface area contributed by atoms with E-state index in [1.807, 2.05) is 25.7 Å². The number of carboxylic acid groups (broad SMARTS) is 1. The molecule has 7 nitrogen and oxygen atoms in total. The van der Waals surface area contributed by atoms with Crippen molar-refractivity contribution in [1.29, 1.82) is 0 Å². The van der Waals surface area contributed by atoms with Gasteiger partial charge >= 0.3 is 5.97 Å². The molecule has 38 heavy (non-hydrogen) atoms. The number of amides is 2. The summed E-state index contributed by atoms with van der Waals surface area (Å²) in [6.07, 6.45) is 1.28. The molecule has 5 rings (SSSR count). The van der Waals surface area contributed by atoms with Crippen molar-refractivity contribution in [2.24, 2.45) is 17.3 Å². The van der Waals surface area contributed by atoms with Gasteiger partial charge in [0.15, 0.2) is 0 Å². The lowest BCUT2D eigenvalue weighted by atomic mass is 9.73. The minimum atomic E-state index is -1.63. The van der Waals surface area contributed by atoms with Crippen LogP contribution in [0.25, 0.3) is 0 Å². The Morgan fingerprint density at radius 1 is 1.08 bits per heavy atom. The highest BCUT2D eigenvalue weighted by molar-refractivity contribution is 6.38. The van der Waals surface area contributed by atoms with E-state index in [9.17, 15) is 19.5 Å². The first-order valence-electron chi connectivity index (χ1n) is 12.3. The average Bonchev–Trinajstić information content (AvgIpc) is 3.44. The van der Waals surface area contributed by atoms with Crippen LogP contribution in [0.3, 0.4) is 0 Å². The smallest absolute Gasteiger partial charge is 0.310 e. The van der Waals surface area contributed by atoms with E-state index in [4.69, 9.17) is 46.4 Å². The van der Waals surface area contributed by atoms with Crippen LogP contribution in [0.5, 0.6) is 0 Å². The molecule has 2 N–H and O–H groups in total. The molecule has 202 valence electrons. The standard InChI is InChI=1S/C27H27Cl4N3O4/c1-26(2,3)12-33(16-8-13(28)7-14(29)9-16)23(35)20-19-5-4-6-34(19)27(21(20)24(36)37)17-10-15(30)11-18(31)22(17)32-25(27)38/h7-11,19-21H,4-6,12H2,1-3H3,(H,32,38)(H,36,37)/t19-,20+,21-,27+/m1/s1. The molecule has 4 atom stereocenters. The molecule has 3 aliphatic heterocycles. The van der Waals surface area contributed by atoms with Crippen LogP contribution in [0.1, 0.15) is 39.2 Å². The van der Waals surface area contributed by atoms with Gasteiger partial charge in [0.25, 0.3) is 5.91 Å². The monoisotopic (exact) mass is 597 g/mol. The summed E-state index contributed by atoms with van der Waals surface area (Å²) in [4.78, 5) is 44.9. The lowest BCUT2D eigenvalue weighted by Gasteiger charge is -2.36. The van der Waals surface area contributed by atoms with Crippen LogP contribution < -0.4 is 10.2 Å². The van der Waals surface area contributed by atoms with Crippen LogP contribution >= 0.6 is 46.4 Å². The minimum Gasteiger partial charge on any atom is -0.481 e. The zero-order valence-corrected chi connectivity index (χ0v) is 24.0. The molecule has 0 aliphatic carbocycles. The molecule has 2 aromatic rings. The molecule has 0 bridgehead atoms. The van der Waals surface area contributed by atoms with Crippen LogP contribution in [0.15, 0.2) is 30.3 Å². The third-order valence-electron chi connectivity index (χ3n) is 7.64. The van der Waals surface area contributed by atoms with E-state index in [0.29, 0.717) is 46.4 Å². The largest absolute Gasteiger partial charge is 0.481 e. The van der Waals surface area contributed by atoms with Crippen LogP contribution in [0.4, 0.5) is 11.4 Å². The third kappa shape index (κ3) is 4.27. The fourth-order valence-corrected chi connectivity index (χ4v) is 7.53. The molecular formula is C27H27Cl4N3O4. The third-order valence-corrected chi connectivity index (χ3v) is 8.59. The highest BCUT2D eigenvalue weighted by Gasteiger charge is 2.71. The van der Waals surface area contributed by atoms with E-state index in [1.165, 1.54) is 6.07 Å². The summed E-state index contributed by atoms with van der Waals surface area (Å²) >= 11 is 25.4. The van der Waals surface area contributed by atoms with E-state index in [0.717, 1.165) is 0 Å². The van der Waals surface area contributed by atoms with Gasteiger partial charge in [-0.3, -0.25) is 19.3 Å². The number of anilines is 2. The van der Waals surface area contributed by atoms with Gasteiger partial charge in [0, 0.05) is 38.9 Å². The highest BCUT2D eigenvalue weighted by atomic mass is 35.5. The van der Waals surface area contributed by atoms with Crippen molar-refractivity contribution in [3.63, 3.8) is 0 Å². The second kappa shape index (κ2) is 9.56. The maximum absolute atomic E-state index is 14.6. The van der Waals surface area contributed by atoms with E-state index in [-0.39, 0.29) is 22.0 Å². The number of nitrogens with one attached hydrogen (secondary N) is 1. The molecule has 2 fully saturated rings. The van der Waals surface area contributed by atoms with Gasteiger partial charge in [0.05, 0.1) is 16.6 Å². The number of rotatable bonds is 4. The topological polar surface area (TPSA) is 90.0 Å². The van der Waals surface area contributed by atoms with Gasteiger partial charge in [-0.25, -0.2) is 0 Å². The van der Waals surface area contributed by atoms with E-state index < -0.39 is 41.2 Å². The summed E-state index contributed by atoms with van der Waals surface area (Å²) in [6.45, 7) is 6.69. The molecule has 2 aromatic carbocycles. The highest BCUT2D eigenvalue weighted by Crippen LogP contribution is 2.59. The lowest BCUT2D eigenvalue weighted by Crippen LogP contribution is -2.53. The Labute approximate surface area is 241 Å². The van der Waals surface area contributed by atoms with Crippen molar-refractivity contribution in [1.82, 2.24) is 4.90 Å². The fourth-order valence-electron chi connectivity index (χ4n) is 6.48. The first kappa shape index (κ1) is 27.5. The van der Waals surface area contributed by atoms with E-state index in [1.54, 1.807) is 29.2 Å². The molecule has 0 unspecified atom stereocenters. The summed E-state index contributed by atoms with van der Waals surface area (Å²) in [5.74, 6) is -4.55. The zero-order chi connectivity index (χ0) is 27.7. The zero-order valence-electron chi connectivity index (χ0n) is 21.0. The Morgan fingerprint density at radius 3 is 2.32 bits per heavy atom. The van der Waals surface area contributed by atoms with Crippen molar-refractivity contribution in [2.45, 2.75) is 45.2 Å². The van der Waals surface area contributed by atoms with Crippen molar-refractivity contribution in [3.8, 4) is 0 Å². The first-order valence-corrected chi connectivity index (χ1v) is 13.8. The Bertz CT molecular complexity index is 1340. The van der Waals surface area contributed by atoms with Crippen LogP contribution in [0.2, 0.25) is 20.1 Å². The SMILES string of the molecule is CC(C)(C)CN(C(=O)[C@H]1[C@H]2CCCN2[C@]2(C(=O)Nc3c(Cl)cc(Cl)cc32)[C@H]1C(=O)O)c1cc(Cl)cc(Cl)c1. The maximum atomic E-state index is 14.6. The van der Waals surface area contributed by atoms with E-state index in [2.05, 4.69) is 5.32 Å². The number of aliphatic carboxylic acids is 1. The van der Waals surface area contributed by atoms with Crippen LogP contribution in [-0.4, -0.2) is 46.9 Å². The number of benzene rings is 2. The van der Waals surface area contributed by atoms with Gasteiger partial charge in [0.2, 0.25) is 5.91 Å². The first-order chi connectivity index (χ1) is 17.8. The van der Waals surface area contributed by atoms with Crippen LogP contribution in [0, 0.1) is 17.3 Å².